The summed E-state index contributed by atoms with van der Waals surface area (Å²) in [7, 11) is 2.15. The molecule has 194 valence electrons. The highest BCUT2D eigenvalue weighted by Crippen LogP contribution is 2.41. The first-order valence-electron chi connectivity index (χ1n) is 13.9. The minimum Gasteiger partial charge on any atom is -0.378 e. The van der Waals surface area contributed by atoms with E-state index in [9.17, 15) is 4.39 Å². The van der Waals surface area contributed by atoms with Gasteiger partial charge in [-0.05, 0) is 72.9 Å². The summed E-state index contributed by atoms with van der Waals surface area (Å²) in [4.78, 5) is 9.82. The number of hydrogen-bond acceptors (Lipinski definition) is 4. The minimum absolute atomic E-state index is 0.134. The molecule has 4 nitrogen and oxygen atoms in total. The van der Waals surface area contributed by atoms with Gasteiger partial charge in [0.2, 0.25) is 0 Å². The number of piperidine rings is 1. The molecule has 3 saturated heterocycles. The fourth-order valence-electron chi connectivity index (χ4n) is 6.78. The number of fused-ring (bicyclic) bond motifs is 2. The molecule has 3 aromatic rings. The highest BCUT2D eigenvalue weighted by Gasteiger charge is 2.39. The molecule has 3 unspecified atom stereocenters. The number of nitrogens with one attached hydrogen (secondary N) is 1. The van der Waals surface area contributed by atoms with Crippen LogP contribution in [0, 0.1) is 23.1 Å². The molecule has 3 aliphatic heterocycles. The predicted molar refractivity (Wildman–Crippen MR) is 151 cm³/mol. The van der Waals surface area contributed by atoms with E-state index in [2.05, 4.69) is 66.0 Å². The van der Waals surface area contributed by atoms with Crippen LogP contribution >= 0.6 is 0 Å². The molecule has 37 heavy (non-hydrogen) atoms. The van der Waals surface area contributed by atoms with E-state index in [4.69, 9.17) is 4.98 Å². The molecule has 1 aromatic heterocycles. The van der Waals surface area contributed by atoms with Crippen LogP contribution in [-0.4, -0.2) is 49.7 Å². The fourth-order valence-corrected chi connectivity index (χ4v) is 6.78. The van der Waals surface area contributed by atoms with E-state index >= 15 is 0 Å². The van der Waals surface area contributed by atoms with E-state index in [-0.39, 0.29) is 5.82 Å². The van der Waals surface area contributed by atoms with Crippen LogP contribution < -0.4 is 10.2 Å². The molecule has 3 aliphatic rings. The standard InChI is InChI=1S/C32H39FN4/c1-5-23-14-30-26(15-28(23)33)31(37-18-25-10-13-36(4)21(2)27(25)19-37)16-29(35-30)24-8-6-22(7-9-24)17-32(3)11-12-34-20-32/h6-9,14-16,25,27,34H,2,5,10-13,17-20H2,1,3-4H3. The lowest BCUT2D eigenvalue weighted by Crippen LogP contribution is -2.34. The van der Waals surface area contributed by atoms with Crippen LogP contribution in [0.5, 0.6) is 0 Å². The Labute approximate surface area is 220 Å². The van der Waals surface area contributed by atoms with Gasteiger partial charge in [0.1, 0.15) is 5.82 Å². The Kier molecular flexibility index (Phi) is 6.22. The summed E-state index contributed by atoms with van der Waals surface area (Å²) in [5.74, 6) is 0.919. The van der Waals surface area contributed by atoms with Crippen molar-refractivity contribution in [2.45, 2.75) is 39.5 Å². The van der Waals surface area contributed by atoms with Crippen LogP contribution in [0.3, 0.4) is 0 Å². The van der Waals surface area contributed by atoms with Crippen molar-refractivity contribution < 1.29 is 4.39 Å². The molecule has 0 aliphatic carbocycles. The van der Waals surface area contributed by atoms with Crippen molar-refractivity contribution in [3.63, 3.8) is 0 Å². The van der Waals surface area contributed by atoms with Gasteiger partial charge < -0.3 is 15.1 Å². The molecule has 3 fully saturated rings. The highest BCUT2D eigenvalue weighted by atomic mass is 19.1. The Morgan fingerprint density at radius 2 is 1.97 bits per heavy atom. The third-order valence-electron chi connectivity index (χ3n) is 9.21. The molecule has 0 amide bonds. The maximum Gasteiger partial charge on any atom is 0.127 e. The molecule has 0 saturated carbocycles. The second-order valence-electron chi connectivity index (χ2n) is 11.9. The SMILES string of the molecule is C=C1C2CN(c3cc(-c4ccc(CC5(C)CCNC5)cc4)nc4cc(CC)c(F)cc34)CC2CCN1C. The largest absolute Gasteiger partial charge is 0.378 e. The summed E-state index contributed by atoms with van der Waals surface area (Å²) in [6, 6.07) is 14.8. The van der Waals surface area contributed by atoms with Crippen molar-refractivity contribution >= 4 is 16.6 Å². The third-order valence-corrected chi connectivity index (χ3v) is 9.21. The summed E-state index contributed by atoms with van der Waals surface area (Å²) < 4.78 is 15.0. The number of benzene rings is 2. The number of hydrogen-bond donors (Lipinski definition) is 1. The van der Waals surface area contributed by atoms with Gasteiger partial charge in [-0.1, -0.05) is 44.7 Å². The Hall–Kier alpha value is -2.92. The van der Waals surface area contributed by atoms with Gasteiger partial charge >= 0.3 is 0 Å². The third kappa shape index (κ3) is 4.52. The quantitative estimate of drug-likeness (QED) is 0.464. The molecular weight excluding hydrogens is 459 g/mol. The molecule has 5 heteroatoms. The molecule has 0 spiro atoms. The van der Waals surface area contributed by atoms with Crippen LogP contribution in [0.2, 0.25) is 0 Å². The molecular formula is C32H39FN4. The lowest BCUT2D eigenvalue weighted by molar-refractivity contribution is 0.244. The zero-order valence-corrected chi connectivity index (χ0v) is 22.5. The number of aromatic nitrogens is 1. The van der Waals surface area contributed by atoms with Gasteiger partial charge in [-0.25, -0.2) is 9.37 Å². The topological polar surface area (TPSA) is 31.4 Å². The number of nitrogens with zero attached hydrogens (tertiary/aromatic N) is 3. The molecule has 3 atom stereocenters. The zero-order chi connectivity index (χ0) is 25.7. The average molecular weight is 499 g/mol. The second-order valence-corrected chi connectivity index (χ2v) is 11.9. The highest BCUT2D eigenvalue weighted by molar-refractivity contribution is 5.95. The Morgan fingerprint density at radius 3 is 2.70 bits per heavy atom. The summed E-state index contributed by atoms with van der Waals surface area (Å²) >= 11 is 0. The van der Waals surface area contributed by atoms with Crippen LogP contribution in [0.25, 0.3) is 22.2 Å². The fraction of sp³-hybridized carbons (Fsp3) is 0.469. The van der Waals surface area contributed by atoms with Crippen molar-refractivity contribution in [1.82, 2.24) is 15.2 Å². The lowest BCUT2D eigenvalue weighted by atomic mass is 9.83. The van der Waals surface area contributed by atoms with E-state index in [1.807, 2.05) is 13.0 Å². The van der Waals surface area contributed by atoms with Crippen molar-refractivity contribution in [2.24, 2.45) is 17.3 Å². The van der Waals surface area contributed by atoms with Gasteiger partial charge in [0, 0.05) is 61.5 Å². The first-order valence-corrected chi connectivity index (χ1v) is 13.9. The van der Waals surface area contributed by atoms with E-state index in [1.54, 1.807) is 6.07 Å². The Balaban J connectivity index is 1.38. The first-order chi connectivity index (χ1) is 17.8. The number of anilines is 1. The van der Waals surface area contributed by atoms with E-state index in [0.717, 1.165) is 72.6 Å². The van der Waals surface area contributed by atoms with Gasteiger partial charge in [-0.2, -0.15) is 0 Å². The molecule has 2 aromatic carbocycles. The van der Waals surface area contributed by atoms with Crippen molar-refractivity contribution in [1.29, 1.82) is 0 Å². The van der Waals surface area contributed by atoms with Crippen LogP contribution in [-0.2, 0) is 12.8 Å². The Bertz CT molecular complexity index is 1320. The minimum atomic E-state index is -0.134. The normalized spacial score (nSPS) is 25.8. The number of pyridine rings is 1. The van der Waals surface area contributed by atoms with E-state index in [1.165, 1.54) is 24.1 Å². The van der Waals surface area contributed by atoms with Crippen LogP contribution in [0.1, 0.15) is 37.8 Å². The van der Waals surface area contributed by atoms with Gasteiger partial charge in [-0.3, -0.25) is 0 Å². The van der Waals surface area contributed by atoms with Gasteiger partial charge in [0.25, 0.3) is 0 Å². The lowest BCUT2D eigenvalue weighted by Gasteiger charge is -2.35. The first kappa shape index (κ1) is 24.4. The maximum atomic E-state index is 15.0. The number of halogens is 1. The molecule has 4 heterocycles. The summed E-state index contributed by atoms with van der Waals surface area (Å²) in [6.07, 6.45) is 4.15. The van der Waals surface area contributed by atoms with Crippen molar-refractivity contribution in [2.75, 3.05) is 44.7 Å². The maximum absolute atomic E-state index is 15.0. The van der Waals surface area contributed by atoms with Crippen LogP contribution in [0.4, 0.5) is 10.1 Å². The van der Waals surface area contributed by atoms with E-state index < -0.39 is 0 Å². The molecule has 6 rings (SSSR count). The molecule has 0 bridgehead atoms. The van der Waals surface area contributed by atoms with Gasteiger partial charge in [0.05, 0.1) is 11.2 Å². The zero-order valence-electron chi connectivity index (χ0n) is 22.5. The number of rotatable bonds is 5. The summed E-state index contributed by atoms with van der Waals surface area (Å²) in [6.45, 7) is 13.9. The van der Waals surface area contributed by atoms with Gasteiger partial charge in [0.15, 0.2) is 0 Å². The molecule has 0 radical (unpaired) electrons. The second kappa shape index (κ2) is 9.43. The summed E-state index contributed by atoms with van der Waals surface area (Å²) in [5, 5.41) is 4.42. The van der Waals surface area contributed by atoms with E-state index in [0.29, 0.717) is 23.7 Å². The predicted octanol–water partition coefficient (Wildman–Crippen LogP) is 6.05. The monoisotopic (exact) mass is 498 g/mol. The van der Waals surface area contributed by atoms with Crippen LogP contribution in [0.15, 0.2) is 54.7 Å². The van der Waals surface area contributed by atoms with Crippen molar-refractivity contribution in [3.05, 3.63) is 71.7 Å². The Morgan fingerprint density at radius 1 is 1.16 bits per heavy atom. The number of likely N-dealkylation sites (tertiary alicyclic amines) is 1. The van der Waals surface area contributed by atoms with Gasteiger partial charge in [-0.15, -0.1) is 0 Å². The number of aryl methyl sites for hydroxylation is 1. The molecule has 1 N–H and O–H groups in total. The average Bonchev–Trinajstić information content (AvgIpc) is 3.52. The van der Waals surface area contributed by atoms with Crippen molar-refractivity contribution in [3.8, 4) is 11.3 Å². The summed E-state index contributed by atoms with van der Waals surface area (Å²) in [5.41, 5.74) is 7.72. The smallest absolute Gasteiger partial charge is 0.127 e.